The van der Waals surface area contributed by atoms with Crippen LogP contribution in [-0.4, -0.2) is 53.6 Å². The molecule has 0 spiro atoms. The van der Waals surface area contributed by atoms with Gasteiger partial charge < -0.3 is 14.9 Å². The number of nitrogens with zero attached hydrogens (tertiary/aromatic N) is 1. The largest absolute Gasteiger partial charge is 0.395 e. The van der Waals surface area contributed by atoms with Gasteiger partial charge in [-0.25, -0.2) is 0 Å². The first kappa shape index (κ1) is 20.8. The quantitative estimate of drug-likeness (QED) is 0.658. The monoisotopic (exact) mass is 375 g/mol. The zero-order valence-corrected chi connectivity index (χ0v) is 17.2. The molecule has 2 aliphatic carbocycles. The summed E-state index contributed by atoms with van der Waals surface area (Å²) in [5.41, 5.74) is 1.84. The minimum atomic E-state index is -0.431. The molecule has 2 bridgehead atoms. The maximum absolute atomic E-state index is 10.5. The Kier molecular flexibility index (Phi) is 6.62. The average Bonchev–Trinajstić information content (AvgIpc) is 2.96. The number of hydrogen-bond donors (Lipinski definition) is 2. The van der Waals surface area contributed by atoms with E-state index in [2.05, 4.69) is 37.8 Å². The van der Waals surface area contributed by atoms with Crippen LogP contribution in [0.15, 0.2) is 30.3 Å². The van der Waals surface area contributed by atoms with Crippen LogP contribution in [-0.2, 0) is 11.3 Å². The van der Waals surface area contributed by atoms with Crippen molar-refractivity contribution in [3.05, 3.63) is 35.9 Å². The Morgan fingerprint density at radius 3 is 2.56 bits per heavy atom. The molecule has 0 aliphatic heterocycles. The predicted molar refractivity (Wildman–Crippen MR) is 108 cm³/mol. The highest BCUT2D eigenvalue weighted by molar-refractivity contribution is 5.14. The van der Waals surface area contributed by atoms with Crippen molar-refractivity contribution in [2.75, 3.05) is 26.3 Å². The van der Waals surface area contributed by atoms with Crippen molar-refractivity contribution < 1.29 is 14.9 Å². The fourth-order valence-electron chi connectivity index (χ4n) is 5.34. The number of hydrogen-bond acceptors (Lipinski definition) is 4. The van der Waals surface area contributed by atoms with Crippen LogP contribution in [0.4, 0.5) is 0 Å². The van der Waals surface area contributed by atoms with Crippen molar-refractivity contribution in [3.8, 4) is 0 Å². The van der Waals surface area contributed by atoms with Crippen LogP contribution in [0.5, 0.6) is 0 Å². The second-order valence-corrected chi connectivity index (χ2v) is 9.36. The Balaban J connectivity index is 1.44. The van der Waals surface area contributed by atoms with Crippen molar-refractivity contribution in [2.45, 2.75) is 65.2 Å². The van der Waals surface area contributed by atoms with Gasteiger partial charge in [-0.1, -0.05) is 51.1 Å². The van der Waals surface area contributed by atoms with Gasteiger partial charge in [-0.15, -0.1) is 0 Å². The van der Waals surface area contributed by atoms with E-state index in [4.69, 9.17) is 4.74 Å². The number of benzene rings is 1. The summed E-state index contributed by atoms with van der Waals surface area (Å²) in [6.07, 6.45) is 4.32. The lowest BCUT2D eigenvalue weighted by atomic mass is 9.70. The van der Waals surface area contributed by atoms with E-state index >= 15 is 0 Å². The van der Waals surface area contributed by atoms with E-state index in [1.54, 1.807) is 0 Å². The second-order valence-electron chi connectivity index (χ2n) is 9.36. The van der Waals surface area contributed by atoms with Crippen LogP contribution >= 0.6 is 0 Å². The second kappa shape index (κ2) is 8.60. The van der Waals surface area contributed by atoms with Gasteiger partial charge in [0.15, 0.2) is 0 Å². The first-order valence-corrected chi connectivity index (χ1v) is 10.5. The Hall–Kier alpha value is -0.940. The summed E-state index contributed by atoms with van der Waals surface area (Å²) < 4.78 is 6.28. The SMILES string of the molecule is CC1(C)[C@H]2CC[C@@]1(C)[C@H](OCC[C@@H](O)CN(CCO)Cc1ccccc1)C2. The smallest absolute Gasteiger partial charge is 0.0689 e. The third kappa shape index (κ3) is 4.40. The molecular formula is C23H37NO3. The van der Waals surface area contributed by atoms with Gasteiger partial charge in [0.05, 0.1) is 18.8 Å². The molecule has 4 atom stereocenters. The standard InChI is InChI=1S/C23H37NO3/c1-22(2)19-9-11-23(22,3)21(15-19)27-14-10-20(26)17-24(12-13-25)16-18-7-5-4-6-8-18/h4-8,19-21,25-26H,9-17H2,1-3H3/t19-,20+,21+,23-/m0/s1. The van der Waals surface area contributed by atoms with Crippen LogP contribution in [0.1, 0.15) is 52.0 Å². The van der Waals surface area contributed by atoms with E-state index in [1.807, 2.05) is 18.2 Å². The average molecular weight is 376 g/mol. The predicted octanol–water partition coefficient (Wildman–Crippen LogP) is 3.46. The molecule has 27 heavy (non-hydrogen) atoms. The van der Waals surface area contributed by atoms with Crippen LogP contribution in [0.2, 0.25) is 0 Å². The molecule has 152 valence electrons. The molecule has 2 fully saturated rings. The van der Waals surface area contributed by atoms with Gasteiger partial charge in [-0.2, -0.15) is 0 Å². The van der Waals surface area contributed by atoms with Gasteiger partial charge in [-0.05, 0) is 48.0 Å². The van der Waals surface area contributed by atoms with E-state index in [9.17, 15) is 10.2 Å². The molecule has 4 heteroatoms. The van der Waals surface area contributed by atoms with Gasteiger partial charge in [0.2, 0.25) is 0 Å². The van der Waals surface area contributed by atoms with Crippen LogP contribution in [0.25, 0.3) is 0 Å². The number of aliphatic hydroxyl groups is 2. The van der Waals surface area contributed by atoms with Crippen molar-refractivity contribution in [2.24, 2.45) is 16.7 Å². The minimum Gasteiger partial charge on any atom is -0.395 e. The Bertz CT molecular complexity index is 591. The maximum atomic E-state index is 10.5. The van der Waals surface area contributed by atoms with Crippen LogP contribution in [0, 0.1) is 16.7 Å². The summed E-state index contributed by atoms with van der Waals surface area (Å²) in [7, 11) is 0. The molecule has 0 radical (unpaired) electrons. The Labute approximate surface area is 164 Å². The topological polar surface area (TPSA) is 52.9 Å². The number of fused-ring (bicyclic) bond motifs is 2. The zero-order chi connectivity index (χ0) is 19.5. The summed E-state index contributed by atoms with van der Waals surface area (Å²) in [5.74, 6) is 0.781. The molecule has 4 nitrogen and oxygen atoms in total. The van der Waals surface area contributed by atoms with Crippen LogP contribution < -0.4 is 0 Å². The van der Waals surface area contributed by atoms with Crippen molar-refractivity contribution in [1.29, 1.82) is 0 Å². The van der Waals surface area contributed by atoms with E-state index < -0.39 is 6.10 Å². The number of ether oxygens (including phenoxy) is 1. The third-order valence-electron chi connectivity index (χ3n) is 7.62. The molecule has 2 N–H and O–H groups in total. The first-order valence-electron chi connectivity index (χ1n) is 10.5. The van der Waals surface area contributed by atoms with E-state index in [0.717, 1.165) is 12.5 Å². The van der Waals surface area contributed by atoms with Crippen LogP contribution in [0.3, 0.4) is 0 Å². The zero-order valence-electron chi connectivity index (χ0n) is 17.2. The number of aliphatic hydroxyl groups excluding tert-OH is 2. The van der Waals surface area contributed by atoms with Crippen molar-refractivity contribution in [1.82, 2.24) is 4.90 Å². The molecular weight excluding hydrogens is 338 g/mol. The van der Waals surface area contributed by atoms with Gasteiger partial charge in [-0.3, -0.25) is 4.90 Å². The molecule has 3 rings (SSSR count). The minimum absolute atomic E-state index is 0.104. The normalized spacial score (nSPS) is 30.1. The Morgan fingerprint density at radius 2 is 1.96 bits per heavy atom. The summed E-state index contributed by atoms with van der Waals surface area (Å²) >= 11 is 0. The molecule has 0 heterocycles. The molecule has 0 aromatic heterocycles. The molecule has 0 saturated heterocycles. The fraction of sp³-hybridized carbons (Fsp3) is 0.739. The van der Waals surface area contributed by atoms with E-state index in [0.29, 0.717) is 37.6 Å². The highest BCUT2D eigenvalue weighted by Crippen LogP contribution is 2.66. The maximum Gasteiger partial charge on any atom is 0.0689 e. The summed E-state index contributed by atoms with van der Waals surface area (Å²) in [6, 6.07) is 10.2. The molecule has 1 aromatic carbocycles. The van der Waals surface area contributed by atoms with Crippen molar-refractivity contribution in [3.63, 3.8) is 0 Å². The van der Waals surface area contributed by atoms with E-state index in [-0.39, 0.29) is 12.0 Å². The molecule has 2 aliphatic rings. The Morgan fingerprint density at radius 1 is 1.22 bits per heavy atom. The van der Waals surface area contributed by atoms with Crippen molar-refractivity contribution >= 4 is 0 Å². The number of rotatable bonds is 10. The molecule has 1 aromatic rings. The molecule has 0 amide bonds. The molecule has 2 saturated carbocycles. The highest BCUT2D eigenvalue weighted by Gasteiger charge is 2.61. The summed E-state index contributed by atoms with van der Waals surface area (Å²) in [5, 5.41) is 19.8. The summed E-state index contributed by atoms with van der Waals surface area (Å²) in [6.45, 7) is 9.80. The lowest BCUT2D eigenvalue weighted by Crippen LogP contribution is -2.38. The van der Waals surface area contributed by atoms with Gasteiger partial charge in [0.1, 0.15) is 0 Å². The lowest BCUT2D eigenvalue weighted by molar-refractivity contribution is -0.0566. The highest BCUT2D eigenvalue weighted by atomic mass is 16.5. The fourth-order valence-corrected chi connectivity index (χ4v) is 5.34. The van der Waals surface area contributed by atoms with Gasteiger partial charge in [0.25, 0.3) is 0 Å². The molecule has 0 unspecified atom stereocenters. The third-order valence-corrected chi connectivity index (χ3v) is 7.62. The van der Waals surface area contributed by atoms with E-state index in [1.165, 1.54) is 24.8 Å². The van der Waals surface area contributed by atoms with Gasteiger partial charge in [0, 0.05) is 26.2 Å². The first-order chi connectivity index (χ1) is 12.9. The van der Waals surface area contributed by atoms with Gasteiger partial charge >= 0.3 is 0 Å². The lowest BCUT2D eigenvalue weighted by Gasteiger charge is -2.39. The summed E-state index contributed by atoms with van der Waals surface area (Å²) in [4.78, 5) is 2.11.